The van der Waals surface area contributed by atoms with Crippen molar-refractivity contribution in [1.82, 2.24) is 20.2 Å². The molecular formula is C20H27N5O3. The Bertz CT molecular complexity index is 776. The first-order valence-corrected chi connectivity index (χ1v) is 9.58. The lowest BCUT2D eigenvalue weighted by molar-refractivity contribution is 0.0383. The number of aromatic nitrogens is 2. The van der Waals surface area contributed by atoms with Gasteiger partial charge >= 0.3 is 0 Å². The van der Waals surface area contributed by atoms with E-state index in [-0.39, 0.29) is 5.91 Å². The van der Waals surface area contributed by atoms with Crippen LogP contribution in [-0.2, 0) is 4.74 Å². The second-order valence-corrected chi connectivity index (χ2v) is 6.51. The van der Waals surface area contributed by atoms with Gasteiger partial charge < -0.3 is 20.1 Å². The summed E-state index contributed by atoms with van der Waals surface area (Å²) in [6.45, 7) is 9.09. The van der Waals surface area contributed by atoms with E-state index in [4.69, 9.17) is 9.47 Å². The van der Waals surface area contributed by atoms with E-state index in [2.05, 4.69) is 25.5 Å². The van der Waals surface area contributed by atoms with Gasteiger partial charge in [0, 0.05) is 37.6 Å². The van der Waals surface area contributed by atoms with Crippen molar-refractivity contribution in [2.24, 2.45) is 0 Å². The summed E-state index contributed by atoms with van der Waals surface area (Å²) < 4.78 is 10.8. The van der Waals surface area contributed by atoms with Crippen LogP contribution in [0.3, 0.4) is 0 Å². The molecule has 1 saturated heterocycles. The fourth-order valence-corrected chi connectivity index (χ4v) is 2.91. The van der Waals surface area contributed by atoms with Crippen molar-refractivity contribution in [2.75, 3.05) is 51.3 Å². The molecule has 1 aromatic heterocycles. The fourth-order valence-electron chi connectivity index (χ4n) is 2.91. The molecule has 1 amide bonds. The number of nitrogens with one attached hydrogen (secondary N) is 2. The van der Waals surface area contributed by atoms with Crippen molar-refractivity contribution < 1.29 is 14.3 Å². The zero-order valence-electron chi connectivity index (χ0n) is 16.4. The average molecular weight is 385 g/mol. The zero-order valence-corrected chi connectivity index (χ0v) is 16.4. The molecule has 2 N–H and O–H groups in total. The molecule has 0 atom stereocenters. The summed E-state index contributed by atoms with van der Waals surface area (Å²) in [6, 6.07) is 9.22. The van der Waals surface area contributed by atoms with E-state index in [1.807, 2.05) is 38.1 Å². The van der Waals surface area contributed by atoms with E-state index >= 15 is 0 Å². The van der Waals surface area contributed by atoms with Crippen molar-refractivity contribution in [1.29, 1.82) is 0 Å². The molecule has 0 spiro atoms. The number of rotatable bonds is 8. The molecule has 0 saturated carbocycles. The number of carbonyl (C=O) groups is 1. The molecule has 150 valence electrons. The van der Waals surface area contributed by atoms with E-state index in [0.717, 1.165) is 50.0 Å². The van der Waals surface area contributed by atoms with Crippen LogP contribution in [0.5, 0.6) is 5.75 Å². The number of anilines is 2. The summed E-state index contributed by atoms with van der Waals surface area (Å²) in [6.07, 6.45) is 0. The third-order valence-corrected chi connectivity index (χ3v) is 4.33. The highest BCUT2D eigenvalue weighted by molar-refractivity contribution is 5.92. The Morgan fingerprint density at radius 3 is 2.68 bits per heavy atom. The van der Waals surface area contributed by atoms with Crippen LogP contribution in [0.25, 0.3) is 0 Å². The van der Waals surface area contributed by atoms with Gasteiger partial charge in [0.05, 0.1) is 19.8 Å². The molecule has 8 nitrogen and oxygen atoms in total. The van der Waals surface area contributed by atoms with E-state index in [0.29, 0.717) is 24.8 Å². The molecule has 1 fully saturated rings. The van der Waals surface area contributed by atoms with Crippen molar-refractivity contribution in [3.05, 3.63) is 41.7 Å². The third-order valence-electron chi connectivity index (χ3n) is 4.33. The Balaban J connectivity index is 1.57. The molecule has 0 bridgehead atoms. The summed E-state index contributed by atoms with van der Waals surface area (Å²) >= 11 is 0. The van der Waals surface area contributed by atoms with Crippen LogP contribution in [0, 0.1) is 6.92 Å². The van der Waals surface area contributed by atoms with E-state index in [9.17, 15) is 4.79 Å². The van der Waals surface area contributed by atoms with Crippen molar-refractivity contribution in [3.63, 3.8) is 0 Å². The van der Waals surface area contributed by atoms with Crippen molar-refractivity contribution in [2.45, 2.75) is 13.8 Å². The molecule has 1 aromatic carbocycles. The van der Waals surface area contributed by atoms with E-state index in [1.165, 1.54) is 0 Å². The van der Waals surface area contributed by atoms with Gasteiger partial charge in [-0.05, 0) is 44.2 Å². The van der Waals surface area contributed by atoms with Gasteiger partial charge in [0.15, 0.2) is 0 Å². The molecule has 1 aliphatic rings. The van der Waals surface area contributed by atoms with Gasteiger partial charge in [-0.25, -0.2) is 9.97 Å². The second kappa shape index (κ2) is 10.0. The van der Waals surface area contributed by atoms with E-state index in [1.54, 1.807) is 6.07 Å². The highest BCUT2D eigenvalue weighted by Crippen LogP contribution is 2.18. The number of hydrogen-bond acceptors (Lipinski definition) is 7. The molecule has 8 heteroatoms. The van der Waals surface area contributed by atoms with Gasteiger partial charge in [0.1, 0.15) is 11.4 Å². The topological polar surface area (TPSA) is 88.6 Å². The first-order chi connectivity index (χ1) is 13.6. The van der Waals surface area contributed by atoms with Crippen LogP contribution in [0.1, 0.15) is 23.1 Å². The van der Waals surface area contributed by atoms with Crippen LogP contribution in [0.15, 0.2) is 30.3 Å². The molecule has 2 heterocycles. The maximum atomic E-state index is 12.5. The molecule has 0 radical (unpaired) electrons. The Kier molecular flexibility index (Phi) is 7.16. The van der Waals surface area contributed by atoms with E-state index < -0.39 is 0 Å². The molecule has 2 aromatic rings. The van der Waals surface area contributed by atoms with Gasteiger partial charge in [-0.1, -0.05) is 0 Å². The lowest BCUT2D eigenvalue weighted by Gasteiger charge is -2.26. The first kappa shape index (κ1) is 20.0. The van der Waals surface area contributed by atoms with Gasteiger partial charge in [-0.2, -0.15) is 0 Å². The predicted octanol–water partition coefficient (Wildman–Crippen LogP) is 1.99. The van der Waals surface area contributed by atoms with Gasteiger partial charge in [0.25, 0.3) is 5.91 Å². The van der Waals surface area contributed by atoms with Gasteiger partial charge in [-0.15, -0.1) is 0 Å². The van der Waals surface area contributed by atoms with Gasteiger partial charge in [0.2, 0.25) is 5.95 Å². The SMILES string of the molecule is CCOc1ccc(Nc2nc(C)cc(C(=O)NCCN3CCOCC3)n2)cc1. The highest BCUT2D eigenvalue weighted by atomic mass is 16.5. The minimum Gasteiger partial charge on any atom is -0.494 e. The third kappa shape index (κ3) is 5.90. The normalized spacial score (nSPS) is 14.5. The Morgan fingerprint density at radius 2 is 1.96 bits per heavy atom. The minimum absolute atomic E-state index is 0.200. The molecular weight excluding hydrogens is 358 g/mol. The van der Waals surface area contributed by atoms with Crippen LogP contribution < -0.4 is 15.4 Å². The first-order valence-electron chi connectivity index (χ1n) is 9.58. The Morgan fingerprint density at radius 1 is 1.21 bits per heavy atom. The fraction of sp³-hybridized carbons (Fsp3) is 0.450. The predicted molar refractivity (Wildman–Crippen MR) is 107 cm³/mol. The number of morpholine rings is 1. The maximum absolute atomic E-state index is 12.5. The number of nitrogens with zero attached hydrogens (tertiary/aromatic N) is 3. The van der Waals surface area contributed by atoms with Crippen LogP contribution >= 0.6 is 0 Å². The van der Waals surface area contributed by atoms with Crippen LogP contribution in [0.2, 0.25) is 0 Å². The number of ether oxygens (including phenoxy) is 2. The Hall–Kier alpha value is -2.71. The average Bonchev–Trinajstić information content (AvgIpc) is 2.70. The lowest BCUT2D eigenvalue weighted by Crippen LogP contribution is -2.41. The molecule has 0 aliphatic carbocycles. The molecule has 1 aliphatic heterocycles. The number of benzene rings is 1. The van der Waals surface area contributed by atoms with Crippen molar-refractivity contribution >= 4 is 17.5 Å². The molecule has 0 unspecified atom stereocenters. The van der Waals surface area contributed by atoms with Crippen molar-refractivity contribution in [3.8, 4) is 5.75 Å². The number of carbonyl (C=O) groups excluding carboxylic acids is 1. The van der Waals surface area contributed by atoms with Crippen LogP contribution in [0.4, 0.5) is 11.6 Å². The summed E-state index contributed by atoms with van der Waals surface area (Å²) in [5.74, 6) is 0.995. The number of hydrogen-bond donors (Lipinski definition) is 2. The van der Waals surface area contributed by atoms with Gasteiger partial charge in [-0.3, -0.25) is 9.69 Å². The highest BCUT2D eigenvalue weighted by Gasteiger charge is 2.13. The quantitative estimate of drug-likeness (QED) is 0.718. The smallest absolute Gasteiger partial charge is 0.270 e. The Labute approximate surface area is 165 Å². The number of amides is 1. The second-order valence-electron chi connectivity index (χ2n) is 6.51. The van der Waals surface area contributed by atoms with Crippen LogP contribution in [-0.4, -0.2) is 66.8 Å². The molecule has 3 rings (SSSR count). The standard InChI is InChI=1S/C20H27N5O3/c1-3-28-17-6-4-16(5-7-17)23-20-22-15(2)14-18(24-20)19(26)21-8-9-25-10-12-27-13-11-25/h4-7,14H,3,8-13H2,1-2H3,(H,21,26)(H,22,23,24). The summed E-state index contributed by atoms with van der Waals surface area (Å²) in [4.78, 5) is 23.5. The summed E-state index contributed by atoms with van der Waals surface area (Å²) in [7, 11) is 0. The minimum atomic E-state index is -0.200. The number of aryl methyl sites for hydroxylation is 1. The lowest BCUT2D eigenvalue weighted by atomic mass is 10.3. The maximum Gasteiger partial charge on any atom is 0.270 e. The largest absolute Gasteiger partial charge is 0.494 e. The summed E-state index contributed by atoms with van der Waals surface area (Å²) in [5, 5.41) is 6.07. The molecule has 28 heavy (non-hydrogen) atoms. The monoisotopic (exact) mass is 385 g/mol. The zero-order chi connectivity index (χ0) is 19.8. The summed E-state index contributed by atoms with van der Waals surface area (Å²) in [5.41, 5.74) is 1.90.